The molecule has 110 heavy (non-hydrogen) atoms. The molecule has 0 saturated carbocycles. The largest absolute Gasteiger partial charge is 0.490 e. The van der Waals surface area contributed by atoms with Gasteiger partial charge in [0.05, 0.1) is 52.7 Å². The van der Waals surface area contributed by atoms with Crippen LogP contribution in [0.3, 0.4) is 0 Å². The maximum atomic E-state index is 15.4. The average molecular weight is 1510 g/mol. The zero-order valence-electron chi connectivity index (χ0n) is 71.5. The highest BCUT2D eigenvalue weighted by molar-refractivity contribution is 6.41. The molecule has 7 aromatic rings. The van der Waals surface area contributed by atoms with Gasteiger partial charge in [-0.2, -0.15) is 0 Å². The number of benzene rings is 7. The number of nitrogens with zero attached hydrogens (tertiary/aromatic N) is 2. The normalized spacial score (nSPS) is 15.0. The van der Waals surface area contributed by atoms with Crippen molar-refractivity contribution >= 4 is 66.7 Å². The molecular weight excluding hydrogens is 1370 g/mol. The van der Waals surface area contributed by atoms with Crippen molar-refractivity contribution in [1.82, 2.24) is 9.80 Å². The summed E-state index contributed by atoms with van der Waals surface area (Å²) in [6.45, 7) is 44.2. The number of rotatable bonds is 52. The van der Waals surface area contributed by atoms with Crippen molar-refractivity contribution in [1.29, 1.82) is 0 Å². The van der Waals surface area contributed by atoms with Crippen molar-refractivity contribution in [2.24, 2.45) is 71.0 Å². The van der Waals surface area contributed by atoms with Gasteiger partial charge >= 0.3 is 0 Å². The van der Waals surface area contributed by atoms with E-state index >= 15 is 19.2 Å². The fourth-order valence-electron chi connectivity index (χ4n) is 16.5. The van der Waals surface area contributed by atoms with Crippen LogP contribution in [-0.2, 0) is 13.1 Å². The third-order valence-corrected chi connectivity index (χ3v) is 23.7. The predicted molar refractivity (Wildman–Crippen MR) is 457 cm³/mol. The topological polar surface area (TPSA) is 130 Å². The summed E-state index contributed by atoms with van der Waals surface area (Å²) in [7, 11) is 0. The lowest BCUT2D eigenvalue weighted by atomic mass is 9.82. The van der Waals surface area contributed by atoms with Gasteiger partial charge in [0, 0.05) is 33.0 Å². The number of ether oxygens (including phenoxy) is 6. The Labute approximate surface area is 663 Å². The molecule has 6 unspecified atom stereocenters. The summed E-state index contributed by atoms with van der Waals surface area (Å²) in [5.41, 5.74) is 3.16. The van der Waals surface area contributed by atoms with Crippen LogP contribution in [0.5, 0.6) is 34.5 Å². The molecule has 604 valence electrons. The third kappa shape index (κ3) is 24.0. The smallest absolute Gasteiger partial charge is 0.261 e. The SMILES string of the molecule is CC(C)CCCC(C)CCOc1cc(CN2C(=O)c3ccc4c5ccc6c7c(ccc(c8ccc(c3c48)C2=O)c75)C(=O)N(Cc2cc(OCCC(C)CCCC(C)C)c(OCCC(C)CCCC(C)C)c(OCCC(C)CCCC(C)C)c2)C6=O)cc(OCCC(C)CCCC(C)C)c1OCCC(C)CCCC(C)C. The van der Waals surface area contributed by atoms with Crippen molar-refractivity contribution < 1.29 is 47.6 Å². The Morgan fingerprint density at radius 2 is 0.445 bits per heavy atom. The highest BCUT2D eigenvalue weighted by atomic mass is 16.5. The Kier molecular flexibility index (Phi) is 33.3. The van der Waals surface area contributed by atoms with Gasteiger partial charge in [0.15, 0.2) is 23.0 Å². The van der Waals surface area contributed by atoms with Gasteiger partial charge in [-0.25, -0.2) is 0 Å². The molecule has 2 aliphatic heterocycles. The second-order valence-corrected chi connectivity index (χ2v) is 36.8. The van der Waals surface area contributed by atoms with Crippen LogP contribution in [0.1, 0.15) is 331 Å². The van der Waals surface area contributed by atoms with Gasteiger partial charge in [-0.05, 0) is 202 Å². The third-order valence-electron chi connectivity index (χ3n) is 23.7. The van der Waals surface area contributed by atoms with Crippen molar-refractivity contribution in [3.8, 4) is 34.5 Å². The van der Waals surface area contributed by atoms with Crippen molar-refractivity contribution in [2.75, 3.05) is 39.6 Å². The van der Waals surface area contributed by atoms with Gasteiger partial charge in [-0.15, -0.1) is 0 Å². The molecule has 0 fully saturated rings. The minimum Gasteiger partial charge on any atom is -0.490 e. The van der Waals surface area contributed by atoms with Crippen LogP contribution in [0.2, 0.25) is 0 Å². The van der Waals surface area contributed by atoms with E-state index in [2.05, 4.69) is 125 Å². The average Bonchev–Trinajstić information content (AvgIpc) is 0.690. The molecule has 0 N–H and O–H groups in total. The zero-order chi connectivity index (χ0) is 79.3. The maximum Gasteiger partial charge on any atom is 0.261 e. The first-order chi connectivity index (χ1) is 52.7. The maximum absolute atomic E-state index is 15.4. The molecule has 0 aromatic heterocycles. The Bertz CT molecular complexity index is 3630. The van der Waals surface area contributed by atoms with E-state index in [4.69, 9.17) is 28.4 Å². The fraction of sp³-hybridized carbons (Fsp3) is 0.633. The molecule has 12 nitrogen and oxygen atoms in total. The first-order valence-electron chi connectivity index (χ1n) is 43.7. The number of fused-ring (bicyclic) bond motifs is 2. The molecule has 0 bridgehead atoms. The Morgan fingerprint density at radius 3 is 0.645 bits per heavy atom. The lowest BCUT2D eigenvalue weighted by Crippen LogP contribution is -2.40. The van der Waals surface area contributed by atoms with E-state index in [9.17, 15) is 0 Å². The van der Waals surface area contributed by atoms with Crippen LogP contribution in [-0.4, -0.2) is 73.1 Å². The van der Waals surface area contributed by atoms with E-state index in [-0.39, 0.29) is 36.7 Å². The quantitative estimate of drug-likeness (QED) is 0.0206. The molecule has 2 heterocycles. The minimum atomic E-state index is -0.387. The number of amides is 4. The molecule has 0 spiro atoms. The minimum absolute atomic E-state index is 0.00985. The van der Waals surface area contributed by atoms with E-state index in [1.807, 2.05) is 72.8 Å². The molecule has 9 rings (SSSR count). The van der Waals surface area contributed by atoms with Gasteiger partial charge in [-0.1, -0.05) is 264 Å². The highest BCUT2D eigenvalue weighted by Gasteiger charge is 2.38. The van der Waals surface area contributed by atoms with E-state index in [1.165, 1.54) is 86.8 Å². The molecule has 0 saturated heterocycles. The van der Waals surface area contributed by atoms with Crippen molar-refractivity contribution in [3.05, 3.63) is 106 Å². The predicted octanol–water partition coefficient (Wildman–Crippen LogP) is 26.7. The second kappa shape index (κ2) is 42.2. The summed E-state index contributed by atoms with van der Waals surface area (Å²) >= 11 is 0. The standard InChI is InChI=1S/C98H142N2O10/c1-63(2)25-19-31-69(13)45-51-105-85-57-75(58-86(106-52-46-70(14)32-20-26-64(3)4)93(85)109-55-49-73(17)35-23-29-67(9)10)61-99-95(101)81-41-37-77-79-39-43-83-92-84(44-40-80(90(79)92)78-38-42-82(96(99)102)91(81)89(77)78)98(104)100(97(83)103)62-76-59-87(107-53-47-71(15)33-21-27-65(5)6)94(110-56-50-74(18)36-24-30-68(11)12)88(60-76)108-54-48-72(16)34-22-28-66(7)8/h37-44,57-60,63-74H,19-36,45-56,61-62H2,1-18H3. The van der Waals surface area contributed by atoms with Gasteiger partial charge in [0.1, 0.15) is 0 Å². The summed E-state index contributed by atoms with van der Waals surface area (Å²) in [5, 5.41) is 6.13. The summed E-state index contributed by atoms with van der Waals surface area (Å²) in [5.74, 6) is 8.73. The van der Waals surface area contributed by atoms with E-state index in [1.54, 1.807) is 0 Å². The molecule has 6 atom stereocenters. The van der Waals surface area contributed by atoms with E-state index < -0.39 is 0 Å². The van der Waals surface area contributed by atoms with Crippen LogP contribution in [0.25, 0.3) is 43.1 Å². The van der Waals surface area contributed by atoms with Crippen LogP contribution in [0.15, 0.2) is 72.8 Å². The summed E-state index contributed by atoms with van der Waals surface area (Å²) < 4.78 is 41.0. The number of hydrogen-bond acceptors (Lipinski definition) is 10. The van der Waals surface area contributed by atoms with Crippen molar-refractivity contribution in [2.45, 2.75) is 292 Å². The molecule has 0 radical (unpaired) electrons. The lowest BCUT2D eigenvalue weighted by molar-refractivity contribution is 0.0583. The molecular formula is C98H142N2O10. The first kappa shape index (κ1) is 86.9. The molecule has 4 amide bonds. The monoisotopic (exact) mass is 1510 g/mol. The van der Waals surface area contributed by atoms with Gasteiger partial charge in [-0.3, -0.25) is 29.0 Å². The second-order valence-electron chi connectivity index (χ2n) is 36.8. The van der Waals surface area contributed by atoms with Crippen LogP contribution in [0.4, 0.5) is 0 Å². The van der Waals surface area contributed by atoms with E-state index in [0.717, 1.165) is 109 Å². The lowest BCUT2D eigenvalue weighted by Gasteiger charge is -2.30. The molecule has 2 aliphatic rings. The van der Waals surface area contributed by atoms with Crippen molar-refractivity contribution in [3.63, 3.8) is 0 Å². The molecule has 7 aromatic carbocycles. The van der Waals surface area contributed by atoms with Gasteiger partial charge < -0.3 is 28.4 Å². The summed E-state index contributed by atoms with van der Waals surface area (Å²) in [6, 6.07) is 23.2. The Hall–Kier alpha value is -7.08. The number of hydrogen-bond donors (Lipinski definition) is 0. The first-order valence-corrected chi connectivity index (χ1v) is 43.7. The van der Waals surface area contributed by atoms with Gasteiger partial charge in [0.2, 0.25) is 11.5 Å². The van der Waals surface area contributed by atoms with Gasteiger partial charge in [0.25, 0.3) is 23.6 Å². The highest BCUT2D eigenvalue weighted by Crippen LogP contribution is 2.49. The Balaban J connectivity index is 1.02. The number of imide groups is 2. The van der Waals surface area contributed by atoms with E-state index in [0.29, 0.717) is 189 Å². The molecule has 0 aliphatic carbocycles. The van der Waals surface area contributed by atoms with Crippen LogP contribution >= 0.6 is 0 Å². The summed E-state index contributed by atoms with van der Waals surface area (Å²) in [6.07, 6.45) is 26.4. The van der Waals surface area contributed by atoms with Crippen LogP contribution < -0.4 is 28.4 Å². The summed E-state index contributed by atoms with van der Waals surface area (Å²) in [4.78, 5) is 64.3. The Morgan fingerprint density at radius 1 is 0.245 bits per heavy atom. The van der Waals surface area contributed by atoms with Crippen LogP contribution in [0, 0.1) is 71.0 Å². The molecule has 12 heteroatoms. The number of carbonyl (C=O) groups is 4. The number of carbonyl (C=O) groups excluding carboxylic acids is 4. The zero-order valence-corrected chi connectivity index (χ0v) is 71.5. The fourth-order valence-corrected chi connectivity index (χ4v) is 16.5.